The third-order valence-corrected chi connectivity index (χ3v) is 8.37. The van der Waals surface area contributed by atoms with Crippen LogP contribution in [0.15, 0.2) is 24.3 Å². The van der Waals surface area contributed by atoms with Gasteiger partial charge in [-0.05, 0) is 23.5 Å². The van der Waals surface area contributed by atoms with E-state index < -0.39 is 55.6 Å². The molecule has 0 spiro atoms. The molecule has 0 amide bonds. The molecule has 0 aromatic heterocycles. The zero-order valence-electron chi connectivity index (χ0n) is 19.8. The molecule has 0 heterocycles. The minimum Gasteiger partial charge on any atom is -0.743 e. The van der Waals surface area contributed by atoms with E-state index in [4.69, 9.17) is 0 Å². The van der Waals surface area contributed by atoms with Crippen LogP contribution in [0, 0.1) is 5.92 Å². The fraction of sp³-hybridized carbons (Fsp3) is 0.684. The van der Waals surface area contributed by atoms with Crippen LogP contribution in [0.5, 0.6) is 0 Å². The summed E-state index contributed by atoms with van der Waals surface area (Å²) in [7, 11) is -14.4. The average molecular weight is 586 g/mol. The van der Waals surface area contributed by atoms with E-state index in [1.165, 1.54) is 24.3 Å². The summed E-state index contributed by atoms with van der Waals surface area (Å²) in [6.07, 6.45) is 2.36. The molecule has 0 aliphatic carbocycles. The Hall–Kier alpha value is -0.520. The minimum absolute atomic E-state index is 0. The van der Waals surface area contributed by atoms with Crippen LogP contribution in [0.1, 0.15) is 44.7 Å². The molecule has 1 aromatic carbocycles. The van der Waals surface area contributed by atoms with Crippen molar-refractivity contribution in [2.24, 2.45) is 5.92 Å². The first-order valence-corrected chi connectivity index (χ1v) is 13.0. The van der Waals surface area contributed by atoms with E-state index in [-0.39, 0.29) is 39.4 Å². The van der Waals surface area contributed by atoms with Crippen molar-refractivity contribution in [3.63, 3.8) is 0 Å². The zero-order valence-corrected chi connectivity index (χ0v) is 23.4. The largest absolute Gasteiger partial charge is 1.00 e. The van der Waals surface area contributed by atoms with Crippen molar-refractivity contribution in [2.75, 3.05) is 6.54 Å². The molecule has 6 nitrogen and oxygen atoms in total. The van der Waals surface area contributed by atoms with Gasteiger partial charge in [0.25, 0.3) is 10.0 Å². The summed E-state index contributed by atoms with van der Waals surface area (Å²) in [6, 6.07) is 5.63. The minimum atomic E-state index is -7.60. The molecule has 0 saturated carbocycles. The second-order valence-electron chi connectivity index (χ2n) is 7.77. The molecule has 0 atom stereocenters. The smallest absolute Gasteiger partial charge is 0.743 e. The van der Waals surface area contributed by atoms with Crippen molar-refractivity contribution in [1.82, 2.24) is 4.31 Å². The molecule has 0 unspecified atom stereocenters. The third-order valence-electron chi connectivity index (χ3n) is 5.52. The molecule has 1 rings (SSSR count). The predicted molar refractivity (Wildman–Crippen MR) is 109 cm³/mol. The molecule has 204 valence electrons. The summed E-state index contributed by atoms with van der Waals surface area (Å²) >= 11 is 0. The number of alkyl halides is 8. The van der Waals surface area contributed by atoms with Crippen molar-refractivity contribution < 1.29 is 86.1 Å². The van der Waals surface area contributed by atoms with Gasteiger partial charge in [-0.3, -0.25) is 0 Å². The third kappa shape index (κ3) is 6.37. The monoisotopic (exact) mass is 585 g/mol. The SMILES string of the molecule is CCC(CC)Cc1ccc(CN(CC)S(=O)(=O)C(F)(F)C(F)(F)C(F)(F)C(F)(F)S(=O)(=O)[O-])cc1.[Na+]. The van der Waals surface area contributed by atoms with Gasteiger partial charge in [0.2, 0.25) is 0 Å². The maximum absolute atomic E-state index is 14.3. The Morgan fingerprint density at radius 2 is 1.17 bits per heavy atom. The summed E-state index contributed by atoms with van der Waals surface area (Å²) in [5.74, 6) is -14.7. The number of benzene rings is 1. The van der Waals surface area contributed by atoms with Crippen molar-refractivity contribution in [3.8, 4) is 0 Å². The van der Waals surface area contributed by atoms with Gasteiger partial charge in [-0.25, -0.2) is 16.8 Å². The Bertz CT molecular complexity index is 1080. The topological polar surface area (TPSA) is 94.6 Å². The van der Waals surface area contributed by atoms with E-state index in [1.807, 2.05) is 13.8 Å². The second-order valence-corrected chi connectivity index (χ2v) is 11.2. The molecular formula is C19H24F8NNaO5S2. The van der Waals surface area contributed by atoms with E-state index in [1.54, 1.807) is 0 Å². The van der Waals surface area contributed by atoms with Crippen LogP contribution in [0.4, 0.5) is 35.1 Å². The Morgan fingerprint density at radius 1 is 0.778 bits per heavy atom. The van der Waals surface area contributed by atoms with Crippen LogP contribution in [0.3, 0.4) is 0 Å². The van der Waals surface area contributed by atoms with Gasteiger partial charge in [0.1, 0.15) is 0 Å². The van der Waals surface area contributed by atoms with Gasteiger partial charge >= 0.3 is 51.9 Å². The Kier molecular flexibility index (Phi) is 11.9. The van der Waals surface area contributed by atoms with Crippen molar-refractivity contribution in [3.05, 3.63) is 35.4 Å². The van der Waals surface area contributed by atoms with E-state index >= 15 is 0 Å². The summed E-state index contributed by atoms with van der Waals surface area (Å²) < 4.78 is 166. The van der Waals surface area contributed by atoms with E-state index in [2.05, 4.69) is 0 Å². The maximum Gasteiger partial charge on any atom is 1.00 e. The fourth-order valence-electron chi connectivity index (χ4n) is 3.11. The van der Waals surface area contributed by atoms with Gasteiger partial charge < -0.3 is 4.55 Å². The second kappa shape index (κ2) is 12.1. The number of hydrogen-bond acceptors (Lipinski definition) is 5. The number of nitrogens with zero attached hydrogens (tertiary/aromatic N) is 1. The van der Waals surface area contributed by atoms with Crippen molar-refractivity contribution in [2.45, 2.75) is 68.9 Å². The summed E-state index contributed by atoms with van der Waals surface area (Å²) in [6.45, 7) is 2.84. The van der Waals surface area contributed by atoms with Crippen LogP contribution < -0.4 is 29.6 Å². The quantitative estimate of drug-likeness (QED) is 0.200. The summed E-state index contributed by atoms with van der Waals surface area (Å²) in [5, 5.41) is -14.2. The van der Waals surface area contributed by atoms with Gasteiger partial charge in [-0.15, -0.1) is 0 Å². The number of sulfonamides is 1. The zero-order chi connectivity index (χ0) is 27.7. The molecule has 0 aliphatic heterocycles. The average Bonchev–Trinajstić information content (AvgIpc) is 2.75. The van der Waals surface area contributed by atoms with E-state index in [0.29, 0.717) is 12.3 Å². The standard InChI is InChI=1S/C19H25F8NO5S2.Na/c1-4-13(5-2)11-14-7-9-15(10-8-14)12-28(6-3)34(29,30)18(24,25)16(20,21)17(22,23)19(26,27)35(31,32)33;/h7-10,13H,4-6,11-12H2,1-3H3,(H,31,32,33);/q;+1/p-1. The van der Waals surface area contributed by atoms with Gasteiger partial charge in [-0.1, -0.05) is 57.9 Å². The number of rotatable bonds is 13. The first-order chi connectivity index (χ1) is 15.7. The molecule has 0 aliphatic rings. The Labute approximate surface area is 226 Å². The molecule has 0 saturated heterocycles. The van der Waals surface area contributed by atoms with Gasteiger partial charge in [-0.2, -0.15) is 39.4 Å². The predicted octanol–water partition coefficient (Wildman–Crippen LogP) is 1.82. The van der Waals surface area contributed by atoms with Gasteiger partial charge in [0.15, 0.2) is 10.1 Å². The van der Waals surface area contributed by atoms with Crippen LogP contribution in [-0.4, -0.2) is 54.6 Å². The molecule has 0 radical (unpaired) electrons. The molecule has 0 fully saturated rings. The Balaban J connectivity index is 0.0000122. The Morgan fingerprint density at radius 3 is 1.53 bits per heavy atom. The van der Waals surface area contributed by atoms with Gasteiger partial charge in [0.05, 0.1) is 0 Å². The molecule has 1 aromatic rings. The van der Waals surface area contributed by atoms with Gasteiger partial charge in [0, 0.05) is 13.1 Å². The molecule has 0 N–H and O–H groups in total. The first-order valence-electron chi connectivity index (χ1n) is 10.2. The van der Waals surface area contributed by atoms with Crippen LogP contribution in [0.2, 0.25) is 0 Å². The van der Waals surface area contributed by atoms with E-state index in [9.17, 15) is 56.5 Å². The summed E-state index contributed by atoms with van der Waals surface area (Å²) in [5.41, 5.74) is 0.785. The molecule has 0 bridgehead atoms. The fourth-order valence-corrected chi connectivity index (χ4v) is 4.99. The van der Waals surface area contributed by atoms with Crippen molar-refractivity contribution in [1.29, 1.82) is 0 Å². The molecule has 17 heteroatoms. The van der Waals surface area contributed by atoms with Crippen molar-refractivity contribution >= 4 is 20.1 Å². The van der Waals surface area contributed by atoms with Crippen LogP contribution in [-0.2, 0) is 33.1 Å². The number of hydrogen-bond donors (Lipinski definition) is 0. The molecular weight excluding hydrogens is 561 g/mol. The first kappa shape index (κ1) is 35.5. The summed E-state index contributed by atoms with van der Waals surface area (Å²) in [4.78, 5) is 0. The van der Waals surface area contributed by atoms with Crippen LogP contribution in [0.25, 0.3) is 0 Å². The normalized spacial score (nSPS) is 14.3. The van der Waals surface area contributed by atoms with E-state index in [0.717, 1.165) is 25.3 Å². The molecule has 36 heavy (non-hydrogen) atoms. The maximum atomic E-state index is 14.3. The number of halogens is 8. The van der Waals surface area contributed by atoms with Crippen LogP contribution >= 0.6 is 0 Å².